The topological polar surface area (TPSA) is 21.3 Å². The van der Waals surface area contributed by atoms with Crippen molar-refractivity contribution < 1.29 is 4.74 Å². The van der Waals surface area contributed by atoms with Crippen LogP contribution in [0.1, 0.15) is 52.4 Å². The van der Waals surface area contributed by atoms with Gasteiger partial charge < -0.3 is 10.1 Å². The number of piperidine rings is 1. The molecule has 0 amide bonds. The van der Waals surface area contributed by atoms with Crippen LogP contribution in [0.25, 0.3) is 0 Å². The van der Waals surface area contributed by atoms with Crippen molar-refractivity contribution in [1.82, 2.24) is 5.32 Å². The molecular weight excluding hydrogens is 186 g/mol. The van der Waals surface area contributed by atoms with E-state index in [1.54, 1.807) is 0 Å². The number of ether oxygens (including phenoxy) is 1. The monoisotopic (exact) mass is 213 g/mol. The van der Waals surface area contributed by atoms with Crippen molar-refractivity contribution in [1.29, 1.82) is 0 Å². The Labute approximate surface area is 94.8 Å². The SMILES string of the molecule is CCCC(CC)C(OC)C1CCCCN1. The molecule has 1 fully saturated rings. The highest BCUT2D eigenvalue weighted by atomic mass is 16.5. The maximum Gasteiger partial charge on any atom is 0.0752 e. The molecule has 0 aliphatic carbocycles. The Balaban J connectivity index is 2.50. The summed E-state index contributed by atoms with van der Waals surface area (Å²) in [6.45, 7) is 5.73. The molecular formula is C13H27NO. The van der Waals surface area contributed by atoms with Gasteiger partial charge in [-0.15, -0.1) is 0 Å². The van der Waals surface area contributed by atoms with Gasteiger partial charge in [0.1, 0.15) is 0 Å². The van der Waals surface area contributed by atoms with Crippen molar-refractivity contribution in [2.24, 2.45) is 5.92 Å². The molecule has 1 rings (SSSR count). The van der Waals surface area contributed by atoms with Gasteiger partial charge in [-0.2, -0.15) is 0 Å². The molecule has 3 atom stereocenters. The largest absolute Gasteiger partial charge is 0.380 e. The molecule has 2 nitrogen and oxygen atoms in total. The molecule has 1 aliphatic rings. The number of nitrogens with one attached hydrogen (secondary N) is 1. The second-order valence-electron chi connectivity index (χ2n) is 4.71. The first-order chi connectivity index (χ1) is 7.33. The average molecular weight is 213 g/mol. The Morgan fingerprint density at radius 1 is 1.33 bits per heavy atom. The van der Waals surface area contributed by atoms with E-state index in [2.05, 4.69) is 19.2 Å². The van der Waals surface area contributed by atoms with Gasteiger partial charge in [-0.05, 0) is 31.7 Å². The van der Waals surface area contributed by atoms with E-state index in [0.717, 1.165) is 5.92 Å². The minimum atomic E-state index is 0.426. The van der Waals surface area contributed by atoms with Crippen LogP contribution in [-0.4, -0.2) is 25.8 Å². The zero-order valence-electron chi connectivity index (χ0n) is 10.6. The number of hydrogen-bond donors (Lipinski definition) is 1. The summed E-state index contributed by atoms with van der Waals surface area (Å²) in [7, 11) is 1.87. The van der Waals surface area contributed by atoms with Crippen molar-refractivity contribution in [3.05, 3.63) is 0 Å². The highest BCUT2D eigenvalue weighted by Gasteiger charge is 2.28. The zero-order chi connectivity index (χ0) is 11.1. The maximum absolute atomic E-state index is 5.73. The van der Waals surface area contributed by atoms with E-state index < -0.39 is 0 Å². The van der Waals surface area contributed by atoms with Crippen molar-refractivity contribution in [2.45, 2.75) is 64.5 Å². The Morgan fingerprint density at radius 2 is 2.13 bits per heavy atom. The summed E-state index contributed by atoms with van der Waals surface area (Å²) in [6, 6.07) is 0.597. The molecule has 0 aromatic carbocycles. The predicted octanol–water partition coefficient (Wildman–Crippen LogP) is 2.97. The normalized spacial score (nSPS) is 26.2. The molecule has 90 valence electrons. The second kappa shape index (κ2) is 7.24. The molecule has 1 saturated heterocycles. The van der Waals surface area contributed by atoms with Crippen LogP contribution < -0.4 is 5.32 Å². The standard InChI is InChI=1S/C13H27NO/c1-4-8-11(5-2)13(15-3)12-9-6-7-10-14-12/h11-14H,4-10H2,1-3H3. The lowest BCUT2D eigenvalue weighted by atomic mass is 9.86. The smallest absolute Gasteiger partial charge is 0.0752 e. The Bertz CT molecular complexity index is 150. The number of methoxy groups -OCH3 is 1. The molecule has 0 aromatic heterocycles. The summed E-state index contributed by atoms with van der Waals surface area (Å²) in [6.07, 6.45) is 8.22. The van der Waals surface area contributed by atoms with Crippen molar-refractivity contribution >= 4 is 0 Å². The third-order valence-electron chi connectivity index (χ3n) is 3.67. The second-order valence-corrected chi connectivity index (χ2v) is 4.71. The molecule has 0 bridgehead atoms. The Hall–Kier alpha value is -0.0800. The first kappa shape index (κ1) is 13.0. The third kappa shape index (κ3) is 3.76. The van der Waals surface area contributed by atoms with Crippen LogP contribution in [0.4, 0.5) is 0 Å². The quantitative estimate of drug-likeness (QED) is 0.732. The lowest BCUT2D eigenvalue weighted by Gasteiger charge is -2.35. The van der Waals surface area contributed by atoms with Gasteiger partial charge >= 0.3 is 0 Å². The van der Waals surface area contributed by atoms with E-state index in [9.17, 15) is 0 Å². The van der Waals surface area contributed by atoms with E-state index in [-0.39, 0.29) is 0 Å². The van der Waals surface area contributed by atoms with Crippen LogP contribution in [0, 0.1) is 5.92 Å². The molecule has 3 unspecified atom stereocenters. The fourth-order valence-corrected chi connectivity index (χ4v) is 2.82. The number of rotatable bonds is 6. The van der Waals surface area contributed by atoms with Gasteiger partial charge in [0.25, 0.3) is 0 Å². The lowest BCUT2D eigenvalue weighted by molar-refractivity contribution is 0.00961. The highest BCUT2D eigenvalue weighted by molar-refractivity contribution is 4.84. The van der Waals surface area contributed by atoms with Crippen LogP contribution in [0.3, 0.4) is 0 Å². The summed E-state index contributed by atoms with van der Waals surface area (Å²) >= 11 is 0. The lowest BCUT2D eigenvalue weighted by Crippen LogP contribution is -2.47. The van der Waals surface area contributed by atoms with E-state index >= 15 is 0 Å². The summed E-state index contributed by atoms with van der Waals surface area (Å²) in [5.41, 5.74) is 0. The zero-order valence-corrected chi connectivity index (χ0v) is 10.6. The van der Waals surface area contributed by atoms with Crippen LogP contribution >= 0.6 is 0 Å². The van der Waals surface area contributed by atoms with Gasteiger partial charge in [-0.1, -0.05) is 33.1 Å². The Morgan fingerprint density at radius 3 is 2.60 bits per heavy atom. The van der Waals surface area contributed by atoms with Crippen molar-refractivity contribution in [3.63, 3.8) is 0 Å². The molecule has 15 heavy (non-hydrogen) atoms. The molecule has 1 aliphatic heterocycles. The van der Waals surface area contributed by atoms with Crippen molar-refractivity contribution in [3.8, 4) is 0 Å². The van der Waals surface area contributed by atoms with E-state index in [1.165, 1.54) is 45.1 Å². The van der Waals surface area contributed by atoms with Crippen LogP contribution in [0.2, 0.25) is 0 Å². The van der Waals surface area contributed by atoms with Gasteiger partial charge in [-0.3, -0.25) is 0 Å². The third-order valence-corrected chi connectivity index (χ3v) is 3.67. The van der Waals surface area contributed by atoms with Crippen LogP contribution in [-0.2, 0) is 4.74 Å². The molecule has 0 aromatic rings. The van der Waals surface area contributed by atoms with Gasteiger partial charge in [0.05, 0.1) is 6.10 Å². The fourth-order valence-electron chi connectivity index (χ4n) is 2.82. The van der Waals surface area contributed by atoms with E-state index in [0.29, 0.717) is 12.1 Å². The minimum Gasteiger partial charge on any atom is -0.380 e. The first-order valence-electron chi connectivity index (χ1n) is 6.59. The van der Waals surface area contributed by atoms with Crippen LogP contribution in [0.15, 0.2) is 0 Å². The Kier molecular flexibility index (Phi) is 6.26. The van der Waals surface area contributed by atoms with Crippen molar-refractivity contribution in [2.75, 3.05) is 13.7 Å². The molecule has 1 N–H and O–H groups in total. The summed E-state index contributed by atoms with van der Waals surface area (Å²) in [5.74, 6) is 0.732. The van der Waals surface area contributed by atoms with Gasteiger partial charge in [0.15, 0.2) is 0 Å². The summed E-state index contributed by atoms with van der Waals surface area (Å²) in [4.78, 5) is 0. The number of hydrogen-bond acceptors (Lipinski definition) is 2. The van der Waals surface area contributed by atoms with E-state index in [4.69, 9.17) is 4.74 Å². The molecule has 0 radical (unpaired) electrons. The average Bonchev–Trinajstić information content (AvgIpc) is 2.30. The summed E-state index contributed by atoms with van der Waals surface area (Å²) < 4.78 is 5.73. The molecule has 0 spiro atoms. The molecule has 2 heteroatoms. The summed E-state index contributed by atoms with van der Waals surface area (Å²) in [5, 5.41) is 3.62. The van der Waals surface area contributed by atoms with Gasteiger partial charge in [0, 0.05) is 13.2 Å². The van der Waals surface area contributed by atoms with E-state index in [1.807, 2.05) is 7.11 Å². The van der Waals surface area contributed by atoms with Gasteiger partial charge in [-0.25, -0.2) is 0 Å². The predicted molar refractivity (Wildman–Crippen MR) is 65.1 cm³/mol. The first-order valence-corrected chi connectivity index (χ1v) is 6.59. The van der Waals surface area contributed by atoms with Crippen LogP contribution in [0.5, 0.6) is 0 Å². The fraction of sp³-hybridized carbons (Fsp3) is 1.00. The highest BCUT2D eigenvalue weighted by Crippen LogP contribution is 2.24. The minimum absolute atomic E-state index is 0.426. The molecule has 0 saturated carbocycles. The van der Waals surface area contributed by atoms with Gasteiger partial charge in [0.2, 0.25) is 0 Å². The maximum atomic E-state index is 5.73. The molecule has 1 heterocycles.